The molecule has 100 valence electrons. The number of fused-ring (bicyclic) bond motifs is 1. The van der Waals surface area contributed by atoms with Gasteiger partial charge in [-0.2, -0.15) is 0 Å². The summed E-state index contributed by atoms with van der Waals surface area (Å²) in [6.45, 7) is 4.30. The monoisotopic (exact) mass is 261 g/mol. The Labute approximate surface area is 120 Å². The first kappa shape index (κ1) is 12.7. The lowest BCUT2D eigenvalue weighted by Crippen LogP contribution is -2.11. The lowest BCUT2D eigenvalue weighted by Gasteiger charge is -2.23. The van der Waals surface area contributed by atoms with Crippen LogP contribution in [0.2, 0.25) is 0 Å². The first-order valence-corrected chi connectivity index (χ1v) is 6.95. The van der Waals surface area contributed by atoms with Crippen LogP contribution in [-0.2, 0) is 0 Å². The maximum Gasteiger partial charge on any atom is 0.0487 e. The van der Waals surface area contributed by atoms with Crippen molar-refractivity contribution in [3.05, 3.63) is 71.8 Å². The van der Waals surface area contributed by atoms with Crippen LogP contribution in [0.15, 0.2) is 60.7 Å². The number of nitrogens with zero attached hydrogens (tertiary/aromatic N) is 1. The van der Waals surface area contributed by atoms with Crippen LogP contribution in [0.5, 0.6) is 0 Å². The van der Waals surface area contributed by atoms with Gasteiger partial charge in [0.25, 0.3) is 0 Å². The number of anilines is 2. The highest BCUT2D eigenvalue weighted by atomic mass is 15.1. The summed E-state index contributed by atoms with van der Waals surface area (Å²) in [5.74, 6) is 0. The molecule has 0 fully saturated rings. The van der Waals surface area contributed by atoms with E-state index in [1.165, 1.54) is 33.3 Å². The summed E-state index contributed by atoms with van der Waals surface area (Å²) in [7, 11) is 2.14. The van der Waals surface area contributed by atoms with Crippen molar-refractivity contribution in [2.24, 2.45) is 0 Å². The van der Waals surface area contributed by atoms with Gasteiger partial charge >= 0.3 is 0 Å². The fourth-order valence-electron chi connectivity index (χ4n) is 2.71. The van der Waals surface area contributed by atoms with Crippen molar-refractivity contribution in [1.82, 2.24) is 0 Å². The summed E-state index contributed by atoms with van der Waals surface area (Å²) in [5.41, 5.74) is 5.10. The van der Waals surface area contributed by atoms with Gasteiger partial charge in [0.05, 0.1) is 0 Å². The van der Waals surface area contributed by atoms with Gasteiger partial charge in [-0.25, -0.2) is 0 Å². The smallest absolute Gasteiger partial charge is 0.0487 e. The average Bonchev–Trinajstić information content (AvgIpc) is 2.48. The quantitative estimate of drug-likeness (QED) is 0.611. The van der Waals surface area contributed by atoms with Crippen molar-refractivity contribution < 1.29 is 0 Å². The molecule has 0 bridgehead atoms. The summed E-state index contributed by atoms with van der Waals surface area (Å²) >= 11 is 0. The van der Waals surface area contributed by atoms with Gasteiger partial charge in [0, 0.05) is 23.8 Å². The molecular weight excluding hydrogens is 242 g/mol. The molecule has 0 aliphatic carbocycles. The van der Waals surface area contributed by atoms with E-state index < -0.39 is 0 Å². The van der Waals surface area contributed by atoms with E-state index in [1.54, 1.807) is 0 Å². The Bertz CT molecular complexity index is 753. The van der Waals surface area contributed by atoms with E-state index in [4.69, 9.17) is 0 Å². The van der Waals surface area contributed by atoms with Crippen molar-refractivity contribution in [1.29, 1.82) is 0 Å². The topological polar surface area (TPSA) is 3.24 Å². The van der Waals surface area contributed by atoms with Gasteiger partial charge in [-0.3, -0.25) is 0 Å². The van der Waals surface area contributed by atoms with E-state index in [2.05, 4.69) is 86.5 Å². The predicted molar refractivity (Wildman–Crippen MR) is 87.9 cm³/mol. The van der Waals surface area contributed by atoms with Crippen LogP contribution in [0.3, 0.4) is 0 Å². The second kappa shape index (κ2) is 5.01. The minimum atomic E-state index is 1.25. The molecule has 1 nitrogen and oxygen atoms in total. The maximum atomic E-state index is 2.28. The molecule has 20 heavy (non-hydrogen) atoms. The number of rotatable bonds is 2. The summed E-state index contributed by atoms with van der Waals surface area (Å²) in [5, 5.41) is 2.57. The van der Waals surface area contributed by atoms with Gasteiger partial charge in [-0.1, -0.05) is 48.5 Å². The van der Waals surface area contributed by atoms with Crippen LogP contribution in [0.25, 0.3) is 10.8 Å². The SMILES string of the molecule is Cc1ccc(C)c(N(C)c2cccc3ccccc23)c1. The lowest BCUT2D eigenvalue weighted by molar-refractivity contribution is 1.19. The molecule has 0 saturated heterocycles. The normalized spacial score (nSPS) is 10.8. The Morgan fingerprint density at radius 1 is 0.750 bits per heavy atom. The third-order valence-electron chi connectivity index (χ3n) is 3.85. The van der Waals surface area contributed by atoms with Gasteiger partial charge in [-0.05, 0) is 42.5 Å². The highest BCUT2D eigenvalue weighted by molar-refractivity contribution is 5.96. The van der Waals surface area contributed by atoms with E-state index in [0.29, 0.717) is 0 Å². The lowest BCUT2D eigenvalue weighted by atomic mass is 10.1. The first-order valence-electron chi connectivity index (χ1n) is 6.95. The van der Waals surface area contributed by atoms with Gasteiger partial charge < -0.3 is 4.90 Å². The third-order valence-corrected chi connectivity index (χ3v) is 3.85. The van der Waals surface area contributed by atoms with E-state index >= 15 is 0 Å². The van der Waals surface area contributed by atoms with Crippen molar-refractivity contribution in [2.75, 3.05) is 11.9 Å². The Morgan fingerprint density at radius 3 is 2.35 bits per heavy atom. The number of hydrogen-bond donors (Lipinski definition) is 0. The maximum absolute atomic E-state index is 2.28. The molecule has 0 radical (unpaired) electrons. The number of hydrogen-bond acceptors (Lipinski definition) is 1. The Hall–Kier alpha value is -2.28. The Balaban J connectivity index is 2.17. The van der Waals surface area contributed by atoms with Crippen molar-refractivity contribution >= 4 is 22.1 Å². The molecule has 0 saturated carbocycles. The minimum absolute atomic E-state index is 1.25. The molecule has 0 aliphatic heterocycles. The molecule has 0 aliphatic rings. The summed E-state index contributed by atoms with van der Waals surface area (Å²) in [6, 6.07) is 21.6. The Kier molecular flexibility index (Phi) is 3.19. The average molecular weight is 261 g/mol. The van der Waals surface area contributed by atoms with E-state index in [9.17, 15) is 0 Å². The molecule has 0 heterocycles. The van der Waals surface area contributed by atoms with Crippen LogP contribution >= 0.6 is 0 Å². The molecule has 0 aromatic heterocycles. The number of benzene rings is 3. The second-order valence-corrected chi connectivity index (χ2v) is 5.35. The standard InChI is InChI=1S/C19H19N/c1-14-11-12-15(2)19(13-14)20(3)18-10-6-8-16-7-4-5-9-17(16)18/h4-13H,1-3H3. The highest BCUT2D eigenvalue weighted by Gasteiger charge is 2.10. The molecule has 0 unspecified atom stereocenters. The first-order chi connectivity index (χ1) is 9.66. The zero-order valence-corrected chi connectivity index (χ0v) is 12.2. The molecule has 0 amide bonds. The predicted octanol–water partition coefficient (Wildman–Crippen LogP) is 5.22. The Morgan fingerprint density at radius 2 is 1.50 bits per heavy atom. The molecule has 0 spiro atoms. The molecule has 3 aromatic rings. The summed E-state index contributed by atoms with van der Waals surface area (Å²) in [6.07, 6.45) is 0. The van der Waals surface area contributed by atoms with Crippen LogP contribution in [0.1, 0.15) is 11.1 Å². The van der Waals surface area contributed by atoms with Gasteiger partial charge in [0.2, 0.25) is 0 Å². The van der Waals surface area contributed by atoms with Crippen molar-refractivity contribution in [3.63, 3.8) is 0 Å². The van der Waals surface area contributed by atoms with Crippen molar-refractivity contribution in [2.45, 2.75) is 13.8 Å². The zero-order chi connectivity index (χ0) is 14.1. The molecule has 0 N–H and O–H groups in total. The summed E-state index contributed by atoms with van der Waals surface area (Å²) < 4.78 is 0. The van der Waals surface area contributed by atoms with E-state index in [-0.39, 0.29) is 0 Å². The molecule has 3 aromatic carbocycles. The van der Waals surface area contributed by atoms with Crippen molar-refractivity contribution in [3.8, 4) is 0 Å². The van der Waals surface area contributed by atoms with Crippen LogP contribution in [0.4, 0.5) is 11.4 Å². The van der Waals surface area contributed by atoms with Crippen LogP contribution in [0, 0.1) is 13.8 Å². The van der Waals surface area contributed by atoms with Crippen LogP contribution < -0.4 is 4.90 Å². The number of aryl methyl sites for hydroxylation is 2. The fraction of sp³-hybridized carbons (Fsp3) is 0.158. The molecule has 3 rings (SSSR count). The zero-order valence-electron chi connectivity index (χ0n) is 12.2. The second-order valence-electron chi connectivity index (χ2n) is 5.35. The van der Waals surface area contributed by atoms with E-state index in [1.807, 2.05) is 0 Å². The van der Waals surface area contributed by atoms with Crippen LogP contribution in [-0.4, -0.2) is 7.05 Å². The molecule has 1 heteroatoms. The molecule has 0 atom stereocenters. The summed E-state index contributed by atoms with van der Waals surface area (Å²) in [4.78, 5) is 2.28. The van der Waals surface area contributed by atoms with Gasteiger partial charge in [0.15, 0.2) is 0 Å². The largest absolute Gasteiger partial charge is 0.344 e. The third kappa shape index (κ3) is 2.16. The van der Waals surface area contributed by atoms with Gasteiger partial charge in [-0.15, -0.1) is 0 Å². The van der Waals surface area contributed by atoms with Gasteiger partial charge in [0.1, 0.15) is 0 Å². The molecular formula is C19H19N. The minimum Gasteiger partial charge on any atom is -0.344 e. The highest BCUT2D eigenvalue weighted by Crippen LogP contribution is 2.32. The van der Waals surface area contributed by atoms with E-state index in [0.717, 1.165) is 0 Å². The fourth-order valence-corrected chi connectivity index (χ4v) is 2.71.